The Hall–Kier alpha value is -1.30. The lowest BCUT2D eigenvalue weighted by Crippen LogP contribution is -2.62. The molecule has 1 N–H and O–H groups in total. The van der Waals surface area contributed by atoms with E-state index in [1.165, 1.54) is 6.42 Å². The molecule has 0 amide bonds. The van der Waals surface area contributed by atoms with Crippen LogP contribution < -0.4 is 0 Å². The highest BCUT2D eigenvalue weighted by atomic mass is 16.4. The van der Waals surface area contributed by atoms with Gasteiger partial charge < -0.3 is 5.11 Å². The minimum absolute atomic E-state index is 0.00882. The van der Waals surface area contributed by atoms with Crippen LogP contribution in [-0.4, -0.2) is 11.1 Å². The fourth-order valence-corrected chi connectivity index (χ4v) is 7.99. The number of rotatable bonds is 2. The van der Waals surface area contributed by atoms with Gasteiger partial charge in [0, 0.05) is 5.41 Å². The molecule has 0 saturated heterocycles. The van der Waals surface area contributed by atoms with Crippen LogP contribution in [0.4, 0.5) is 0 Å². The first kappa shape index (κ1) is 18.1. The van der Waals surface area contributed by atoms with Crippen LogP contribution in [0, 0.1) is 57.2 Å². The molecule has 0 aliphatic heterocycles. The number of nitrogens with zero attached hydrogens (tertiary/aromatic N) is 1. The smallest absolute Gasteiger partial charge is 0.309 e. The normalized spacial score (nSPS) is 49.8. The van der Waals surface area contributed by atoms with Gasteiger partial charge in [0.1, 0.15) is 0 Å². The van der Waals surface area contributed by atoms with Crippen LogP contribution in [0.2, 0.25) is 0 Å². The van der Waals surface area contributed by atoms with Gasteiger partial charge in [-0.05, 0) is 74.5 Å². The summed E-state index contributed by atoms with van der Waals surface area (Å²) >= 11 is 0. The Labute approximate surface area is 157 Å². The molecule has 3 saturated carbocycles. The van der Waals surface area contributed by atoms with Gasteiger partial charge in [-0.25, -0.2) is 0 Å². The van der Waals surface area contributed by atoms with Crippen molar-refractivity contribution in [2.45, 2.75) is 72.6 Å². The Morgan fingerprint density at radius 3 is 2.58 bits per heavy atom. The molecule has 2 bridgehead atoms. The van der Waals surface area contributed by atoms with Crippen molar-refractivity contribution in [3.8, 4) is 6.07 Å². The van der Waals surface area contributed by atoms with Crippen molar-refractivity contribution in [1.82, 2.24) is 0 Å². The van der Waals surface area contributed by atoms with Gasteiger partial charge in [0.25, 0.3) is 0 Å². The molecule has 1 spiro atoms. The summed E-state index contributed by atoms with van der Waals surface area (Å²) in [4.78, 5) is 12.2. The summed E-state index contributed by atoms with van der Waals surface area (Å²) in [5.41, 5.74) is 1.02. The third-order valence-electron chi connectivity index (χ3n) is 9.19. The lowest BCUT2D eigenvalue weighted by Gasteiger charge is -2.67. The van der Waals surface area contributed by atoms with E-state index < -0.39 is 11.4 Å². The fraction of sp³-hybridized carbons (Fsp3) is 0.826. The number of carboxylic acids is 1. The summed E-state index contributed by atoms with van der Waals surface area (Å²) in [6, 6.07) is 2.68. The van der Waals surface area contributed by atoms with E-state index in [1.54, 1.807) is 5.57 Å². The lowest BCUT2D eigenvalue weighted by molar-refractivity contribution is -0.185. The lowest BCUT2D eigenvalue weighted by atomic mass is 9.36. The van der Waals surface area contributed by atoms with Crippen LogP contribution in [0.15, 0.2) is 11.6 Å². The minimum atomic E-state index is -0.611. The number of carbonyl (C=O) groups is 1. The summed E-state index contributed by atoms with van der Waals surface area (Å²) in [6.07, 6.45) is 9.62. The summed E-state index contributed by atoms with van der Waals surface area (Å²) in [7, 11) is 0. The highest BCUT2D eigenvalue weighted by molar-refractivity contribution is 5.75. The minimum Gasteiger partial charge on any atom is -0.481 e. The molecule has 26 heavy (non-hydrogen) atoms. The van der Waals surface area contributed by atoms with Crippen LogP contribution >= 0.6 is 0 Å². The third-order valence-corrected chi connectivity index (χ3v) is 9.19. The number of nitriles is 1. The molecule has 5 aliphatic carbocycles. The predicted octanol–water partition coefficient (Wildman–Crippen LogP) is 5.43. The van der Waals surface area contributed by atoms with E-state index in [-0.39, 0.29) is 22.7 Å². The van der Waals surface area contributed by atoms with E-state index in [2.05, 4.69) is 32.9 Å². The summed E-state index contributed by atoms with van der Waals surface area (Å²) < 4.78 is 0. The molecular formula is C23H33NO2. The van der Waals surface area contributed by atoms with Crippen molar-refractivity contribution in [2.24, 2.45) is 45.8 Å². The number of hydrogen-bond donors (Lipinski definition) is 1. The van der Waals surface area contributed by atoms with E-state index >= 15 is 0 Å². The van der Waals surface area contributed by atoms with Crippen LogP contribution in [0.5, 0.6) is 0 Å². The van der Waals surface area contributed by atoms with Crippen molar-refractivity contribution in [3.63, 3.8) is 0 Å². The van der Waals surface area contributed by atoms with E-state index in [0.717, 1.165) is 38.5 Å². The summed E-state index contributed by atoms with van der Waals surface area (Å²) in [6.45, 7) is 8.94. The fourth-order valence-electron chi connectivity index (χ4n) is 7.99. The highest BCUT2D eigenvalue weighted by Crippen LogP contribution is 2.72. The summed E-state index contributed by atoms with van der Waals surface area (Å²) in [5.74, 6) is 1.30. The van der Waals surface area contributed by atoms with Crippen molar-refractivity contribution in [1.29, 1.82) is 5.26 Å². The molecule has 0 radical (unpaired) electrons. The predicted molar refractivity (Wildman–Crippen MR) is 101 cm³/mol. The molecule has 5 rings (SSSR count). The zero-order valence-corrected chi connectivity index (χ0v) is 16.7. The largest absolute Gasteiger partial charge is 0.481 e. The van der Waals surface area contributed by atoms with E-state index in [1.807, 2.05) is 6.92 Å². The molecule has 142 valence electrons. The second-order valence-electron chi connectivity index (χ2n) is 10.5. The van der Waals surface area contributed by atoms with Gasteiger partial charge in [0.15, 0.2) is 0 Å². The first-order valence-electron chi connectivity index (χ1n) is 10.5. The Kier molecular flexibility index (Phi) is 3.89. The van der Waals surface area contributed by atoms with Crippen LogP contribution in [0.3, 0.4) is 0 Å². The standard InChI is InChI=1S/C23H33NO2/c1-14(2)17-12-23-9-6-18-21(3,7-5-8-22(18,4)20(25)26)19(23)11-15(17)10-16(23)13-24/h12,14-16,18-19H,5-11H2,1-4H3,(H,25,26)/t15-,16+,18+,19-,21-,22+,23+/m0/s1. The Morgan fingerprint density at radius 1 is 1.23 bits per heavy atom. The van der Waals surface area contributed by atoms with Gasteiger partial charge in [-0.1, -0.05) is 38.8 Å². The quantitative estimate of drug-likeness (QED) is 0.672. The topological polar surface area (TPSA) is 61.1 Å². The maximum Gasteiger partial charge on any atom is 0.309 e. The SMILES string of the molecule is CC(C)C1=C[C@@]23CC[C@@H]4[C@](C)(CCC[C@@]4(C)C(=O)O)[C@@H]2C[C@@H]1C[C@@H]3C#N. The van der Waals surface area contributed by atoms with Gasteiger partial charge in [-0.2, -0.15) is 5.26 Å². The molecule has 3 fully saturated rings. The zero-order chi connectivity index (χ0) is 18.9. The van der Waals surface area contributed by atoms with Gasteiger partial charge in [0.05, 0.1) is 17.4 Å². The number of carboxylic acid groups (broad SMARTS) is 1. The number of hydrogen-bond acceptors (Lipinski definition) is 2. The average molecular weight is 356 g/mol. The first-order chi connectivity index (χ1) is 12.2. The van der Waals surface area contributed by atoms with Crippen LogP contribution in [0.1, 0.15) is 72.6 Å². The highest BCUT2D eigenvalue weighted by Gasteiger charge is 2.66. The first-order valence-corrected chi connectivity index (χ1v) is 10.5. The second-order valence-corrected chi connectivity index (χ2v) is 10.5. The molecule has 0 aromatic heterocycles. The molecule has 0 aromatic carbocycles. The van der Waals surface area contributed by atoms with Crippen molar-refractivity contribution in [2.75, 3.05) is 0 Å². The Morgan fingerprint density at radius 2 is 1.96 bits per heavy atom. The number of aliphatic carboxylic acids is 1. The molecular weight excluding hydrogens is 322 g/mol. The van der Waals surface area contributed by atoms with Gasteiger partial charge in [-0.15, -0.1) is 0 Å². The molecule has 0 unspecified atom stereocenters. The number of allylic oxidation sites excluding steroid dienone is 2. The van der Waals surface area contributed by atoms with Crippen molar-refractivity contribution in [3.05, 3.63) is 11.6 Å². The van der Waals surface area contributed by atoms with E-state index in [0.29, 0.717) is 17.8 Å². The molecule has 0 heterocycles. The van der Waals surface area contributed by atoms with E-state index in [4.69, 9.17) is 0 Å². The third kappa shape index (κ3) is 2.08. The van der Waals surface area contributed by atoms with Crippen molar-refractivity contribution < 1.29 is 9.90 Å². The monoisotopic (exact) mass is 355 g/mol. The zero-order valence-electron chi connectivity index (χ0n) is 16.7. The molecule has 5 aliphatic rings. The Bertz CT molecular complexity index is 703. The van der Waals surface area contributed by atoms with E-state index in [9.17, 15) is 15.2 Å². The molecule has 0 aromatic rings. The summed E-state index contributed by atoms with van der Waals surface area (Å²) in [5, 5.41) is 20.0. The molecule has 3 heteroatoms. The second kappa shape index (κ2) is 5.60. The molecule has 3 nitrogen and oxygen atoms in total. The maximum atomic E-state index is 12.2. The van der Waals surface area contributed by atoms with Gasteiger partial charge in [0.2, 0.25) is 0 Å². The average Bonchev–Trinajstić information content (AvgIpc) is 2.60. The van der Waals surface area contributed by atoms with Gasteiger partial charge >= 0.3 is 5.97 Å². The maximum absolute atomic E-state index is 12.2. The Balaban J connectivity index is 1.82. The molecule has 7 atom stereocenters. The van der Waals surface area contributed by atoms with Crippen LogP contribution in [0.25, 0.3) is 0 Å². The van der Waals surface area contributed by atoms with Crippen molar-refractivity contribution >= 4 is 5.97 Å². The van der Waals surface area contributed by atoms with Gasteiger partial charge in [-0.3, -0.25) is 4.79 Å². The number of fused-ring (bicyclic) bond motifs is 2. The van der Waals surface area contributed by atoms with Crippen LogP contribution in [-0.2, 0) is 4.79 Å².